The molecular formula is C21H12Cl4O4. The maximum absolute atomic E-state index is 12.8. The van der Waals surface area contributed by atoms with Crippen molar-refractivity contribution in [3.63, 3.8) is 0 Å². The van der Waals surface area contributed by atoms with Crippen LogP contribution >= 0.6 is 46.4 Å². The van der Waals surface area contributed by atoms with Crippen LogP contribution in [0.25, 0.3) is 0 Å². The highest BCUT2D eigenvalue weighted by molar-refractivity contribution is 6.34. The average Bonchev–Trinajstić information content (AvgIpc) is 2.65. The molecule has 8 heteroatoms. The third-order valence-electron chi connectivity index (χ3n) is 3.75. The standard InChI is InChI=1S/C21H12Cl4O4/c22-13-1-5-17(6-2-13)28-20(26)19(12-9-15(24)11-16(25)10-12)21(27)29-18-7-3-14(23)4-8-18/h1-11,19H. The SMILES string of the molecule is O=C(Oc1ccc(Cl)cc1)C(C(=O)Oc1ccc(Cl)cc1)c1cc(Cl)cc(Cl)c1. The fourth-order valence-corrected chi connectivity index (χ4v) is 3.26. The average molecular weight is 470 g/mol. The first-order chi connectivity index (χ1) is 13.8. The summed E-state index contributed by atoms with van der Waals surface area (Å²) in [5, 5.41) is 1.47. The highest BCUT2D eigenvalue weighted by Crippen LogP contribution is 2.29. The van der Waals surface area contributed by atoms with Crippen molar-refractivity contribution in [3.05, 3.63) is 92.4 Å². The molecule has 0 aliphatic heterocycles. The lowest BCUT2D eigenvalue weighted by Gasteiger charge is -2.16. The summed E-state index contributed by atoms with van der Waals surface area (Å²) < 4.78 is 10.7. The summed E-state index contributed by atoms with van der Waals surface area (Å²) in [6, 6.07) is 16.6. The molecule has 0 radical (unpaired) electrons. The fraction of sp³-hybridized carbons (Fsp3) is 0.0476. The van der Waals surface area contributed by atoms with Crippen molar-refractivity contribution in [1.82, 2.24) is 0 Å². The number of carbonyl (C=O) groups excluding carboxylic acids is 2. The lowest BCUT2D eigenvalue weighted by Crippen LogP contribution is -2.29. The van der Waals surface area contributed by atoms with Gasteiger partial charge in [-0.3, -0.25) is 9.59 Å². The van der Waals surface area contributed by atoms with Crippen molar-refractivity contribution in [3.8, 4) is 11.5 Å². The second kappa shape index (κ2) is 9.51. The van der Waals surface area contributed by atoms with Crippen LogP contribution in [0, 0.1) is 0 Å². The van der Waals surface area contributed by atoms with Gasteiger partial charge in [-0.1, -0.05) is 46.4 Å². The molecule has 148 valence electrons. The van der Waals surface area contributed by atoms with E-state index in [1.807, 2.05) is 0 Å². The third kappa shape index (κ3) is 5.87. The summed E-state index contributed by atoms with van der Waals surface area (Å²) in [4.78, 5) is 25.7. The maximum Gasteiger partial charge on any atom is 0.330 e. The number of halogens is 4. The molecule has 0 aliphatic carbocycles. The van der Waals surface area contributed by atoms with Crippen LogP contribution in [-0.2, 0) is 9.59 Å². The van der Waals surface area contributed by atoms with Gasteiger partial charge in [0.2, 0.25) is 0 Å². The Morgan fingerprint density at radius 3 is 1.34 bits per heavy atom. The smallest absolute Gasteiger partial charge is 0.330 e. The minimum Gasteiger partial charge on any atom is -0.426 e. The quantitative estimate of drug-likeness (QED) is 0.240. The third-order valence-corrected chi connectivity index (χ3v) is 4.69. The molecule has 4 nitrogen and oxygen atoms in total. The molecule has 0 N–H and O–H groups in total. The summed E-state index contributed by atoms with van der Waals surface area (Å²) >= 11 is 23.8. The fourth-order valence-electron chi connectivity index (χ4n) is 2.47. The predicted octanol–water partition coefficient (Wildman–Crippen LogP) is 6.60. The van der Waals surface area contributed by atoms with Crippen molar-refractivity contribution in [2.24, 2.45) is 0 Å². The van der Waals surface area contributed by atoms with Gasteiger partial charge in [0.1, 0.15) is 11.5 Å². The molecule has 3 aromatic rings. The Balaban J connectivity index is 1.91. The second-order valence-corrected chi connectivity index (χ2v) is 7.63. The zero-order chi connectivity index (χ0) is 21.0. The molecule has 0 aromatic heterocycles. The van der Waals surface area contributed by atoms with Crippen LogP contribution in [0.3, 0.4) is 0 Å². The maximum atomic E-state index is 12.8. The number of rotatable bonds is 5. The zero-order valence-corrected chi connectivity index (χ0v) is 17.6. The van der Waals surface area contributed by atoms with E-state index in [1.54, 1.807) is 24.3 Å². The molecule has 0 aliphatic rings. The molecule has 0 saturated carbocycles. The van der Waals surface area contributed by atoms with Gasteiger partial charge in [-0.05, 0) is 72.3 Å². The highest BCUT2D eigenvalue weighted by atomic mass is 35.5. The second-order valence-electron chi connectivity index (χ2n) is 5.89. The first kappa shape index (κ1) is 21.5. The Bertz CT molecular complexity index is 954. The van der Waals surface area contributed by atoms with Gasteiger partial charge in [0, 0.05) is 20.1 Å². The molecule has 0 fully saturated rings. The summed E-state index contributed by atoms with van der Waals surface area (Å²) in [7, 11) is 0. The molecule has 0 unspecified atom stereocenters. The number of ether oxygens (including phenoxy) is 2. The van der Waals surface area contributed by atoms with Gasteiger partial charge in [0.25, 0.3) is 0 Å². The van der Waals surface area contributed by atoms with E-state index in [0.29, 0.717) is 10.0 Å². The van der Waals surface area contributed by atoms with Gasteiger partial charge >= 0.3 is 11.9 Å². The molecule has 0 saturated heterocycles. The van der Waals surface area contributed by atoms with Crippen LogP contribution in [0.5, 0.6) is 11.5 Å². The molecule has 0 atom stereocenters. The van der Waals surface area contributed by atoms with Crippen LogP contribution in [-0.4, -0.2) is 11.9 Å². The van der Waals surface area contributed by atoms with Crippen LogP contribution < -0.4 is 9.47 Å². The molecule has 3 rings (SSSR count). The zero-order valence-electron chi connectivity index (χ0n) is 14.6. The Morgan fingerprint density at radius 1 is 0.586 bits per heavy atom. The molecule has 0 amide bonds. The van der Waals surface area contributed by atoms with Gasteiger partial charge < -0.3 is 9.47 Å². The lowest BCUT2D eigenvalue weighted by atomic mass is 9.99. The Kier molecular flexibility index (Phi) is 7.04. The molecule has 0 bridgehead atoms. The van der Waals surface area contributed by atoms with E-state index in [2.05, 4.69) is 0 Å². The first-order valence-corrected chi connectivity index (χ1v) is 9.73. The minimum atomic E-state index is -1.42. The molecular weight excluding hydrogens is 458 g/mol. The van der Waals surface area contributed by atoms with E-state index in [1.165, 1.54) is 42.5 Å². The summed E-state index contributed by atoms with van der Waals surface area (Å²) in [5.41, 5.74) is 0.237. The number of benzene rings is 3. The van der Waals surface area contributed by atoms with Crippen LogP contribution in [0.15, 0.2) is 66.7 Å². The monoisotopic (exact) mass is 468 g/mol. The lowest BCUT2D eigenvalue weighted by molar-refractivity contribution is -0.147. The van der Waals surface area contributed by atoms with E-state index in [4.69, 9.17) is 55.9 Å². The summed E-state index contributed by atoms with van der Waals surface area (Å²) in [6.45, 7) is 0. The van der Waals surface area contributed by atoms with Crippen molar-refractivity contribution < 1.29 is 19.1 Å². The van der Waals surface area contributed by atoms with Gasteiger partial charge in [0.15, 0.2) is 5.92 Å². The topological polar surface area (TPSA) is 52.6 Å². The van der Waals surface area contributed by atoms with Crippen molar-refractivity contribution >= 4 is 58.3 Å². The number of hydrogen-bond donors (Lipinski definition) is 0. The van der Waals surface area contributed by atoms with E-state index < -0.39 is 17.9 Å². The number of hydrogen-bond acceptors (Lipinski definition) is 4. The van der Waals surface area contributed by atoms with Gasteiger partial charge in [-0.15, -0.1) is 0 Å². The normalized spacial score (nSPS) is 10.7. The van der Waals surface area contributed by atoms with Crippen molar-refractivity contribution in [2.45, 2.75) is 5.92 Å². The minimum absolute atomic E-state index is 0.219. The van der Waals surface area contributed by atoms with E-state index in [0.717, 1.165) is 0 Å². The molecule has 0 heterocycles. The summed E-state index contributed by atoms with van der Waals surface area (Å²) in [6.07, 6.45) is 0. The van der Waals surface area contributed by atoms with Gasteiger partial charge in [-0.2, -0.15) is 0 Å². The van der Waals surface area contributed by atoms with E-state index in [-0.39, 0.29) is 27.1 Å². The first-order valence-electron chi connectivity index (χ1n) is 8.22. The number of carbonyl (C=O) groups is 2. The van der Waals surface area contributed by atoms with Gasteiger partial charge in [0.05, 0.1) is 0 Å². The molecule has 3 aromatic carbocycles. The summed E-state index contributed by atoms with van der Waals surface area (Å²) in [5.74, 6) is -2.69. The highest BCUT2D eigenvalue weighted by Gasteiger charge is 2.33. The molecule has 0 spiro atoms. The van der Waals surface area contributed by atoms with Gasteiger partial charge in [-0.25, -0.2) is 0 Å². The Hall–Kier alpha value is -2.24. The van der Waals surface area contributed by atoms with Crippen molar-refractivity contribution in [1.29, 1.82) is 0 Å². The van der Waals surface area contributed by atoms with E-state index >= 15 is 0 Å². The van der Waals surface area contributed by atoms with Crippen molar-refractivity contribution in [2.75, 3.05) is 0 Å². The predicted molar refractivity (Wildman–Crippen MR) is 113 cm³/mol. The Morgan fingerprint density at radius 2 is 0.966 bits per heavy atom. The Labute approximate surface area is 186 Å². The number of esters is 2. The van der Waals surface area contributed by atoms with E-state index in [9.17, 15) is 9.59 Å². The largest absolute Gasteiger partial charge is 0.426 e. The van der Waals surface area contributed by atoms with Crippen LogP contribution in [0.4, 0.5) is 0 Å². The van der Waals surface area contributed by atoms with Crippen LogP contribution in [0.2, 0.25) is 20.1 Å². The molecule has 29 heavy (non-hydrogen) atoms. The van der Waals surface area contributed by atoms with Crippen LogP contribution in [0.1, 0.15) is 11.5 Å².